The van der Waals surface area contributed by atoms with Crippen LogP contribution in [0.1, 0.15) is 36.9 Å². The lowest BCUT2D eigenvalue weighted by Gasteiger charge is -2.16. The molecule has 2 unspecified atom stereocenters. The quantitative estimate of drug-likeness (QED) is 0.793. The Morgan fingerprint density at radius 1 is 1.44 bits per heavy atom. The van der Waals surface area contributed by atoms with Crippen LogP contribution in [0, 0.1) is 5.92 Å². The Morgan fingerprint density at radius 3 is 2.88 bits per heavy atom. The van der Waals surface area contributed by atoms with E-state index in [1.165, 1.54) is 0 Å². The van der Waals surface area contributed by atoms with E-state index < -0.39 is 17.8 Å². The predicted molar refractivity (Wildman–Crippen MR) is 58.0 cm³/mol. The smallest absolute Gasteiger partial charge is 0.260 e. The van der Waals surface area contributed by atoms with Crippen molar-refractivity contribution >= 4 is 5.82 Å². The van der Waals surface area contributed by atoms with Gasteiger partial charge in [-0.25, -0.2) is 13.8 Å². The summed E-state index contributed by atoms with van der Waals surface area (Å²) in [7, 11) is 0. The van der Waals surface area contributed by atoms with Gasteiger partial charge in [0.2, 0.25) is 0 Å². The Balaban J connectivity index is 2.01. The summed E-state index contributed by atoms with van der Waals surface area (Å²) in [6.07, 6.45) is 0. The average Bonchev–Trinajstić information content (AvgIpc) is 2.81. The molecule has 1 fully saturated rings. The van der Waals surface area contributed by atoms with Gasteiger partial charge >= 0.3 is 0 Å². The van der Waals surface area contributed by atoms with Crippen molar-refractivity contribution in [2.75, 3.05) is 11.9 Å². The Labute approximate surface area is 93.1 Å². The monoisotopic (exact) mass is 224 g/mol. The van der Waals surface area contributed by atoms with Crippen LogP contribution in [0.15, 0.2) is 12.1 Å². The number of nitrogens with zero attached hydrogens (tertiary/aromatic N) is 1. The predicted octanol–water partition coefficient (Wildman–Crippen LogP) is 2.98. The van der Waals surface area contributed by atoms with Crippen LogP contribution in [0.25, 0.3) is 0 Å². The van der Waals surface area contributed by atoms with Crippen molar-refractivity contribution in [1.82, 2.24) is 4.98 Å². The van der Waals surface area contributed by atoms with Gasteiger partial charge in [0.1, 0.15) is 5.82 Å². The maximum atomic E-state index is 13.4. The lowest BCUT2D eigenvalue weighted by atomic mass is 10.0. The molecule has 2 aliphatic rings. The van der Waals surface area contributed by atoms with Crippen molar-refractivity contribution < 1.29 is 8.78 Å². The summed E-state index contributed by atoms with van der Waals surface area (Å²) in [5.74, 6) is -2.67. The Kier molecular flexibility index (Phi) is 1.83. The van der Waals surface area contributed by atoms with E-state index in [4.69, 9.17) is 0 Å². The zero-order valence-electron chi connectivity index (χ0n) is 9.30. The number of pyridine rings is 1. The van der Waals surface area contributed by atoms with Gasteiger partial charge in [0, 0.05) is 17.8 Å². The maximum Gasteiger partial charge on any atom is 0.260 e. The second kappa shape index (κ2) is 2.93. The molecule has 1 aliphatic carbocycles. The number of halogens is 2. The van der Waals surface area contributed by atoms with Crippen LogP contribution in [0.4, 0.5) is 14.6 Å². The van der Waals surface area contributed by atoms with Gasteiger partial charge < -0.3 is 5.32 Å². The summed E-state index contributed by atoms with van der Waals surface area (Å²) in [6, 6.07) is 3.67. The summed E-state index contributed by atoms with van der Waals surface area (Å²) < 4.78 is 26.7. The number of aromatic nitrogens is 1. The van der Waals surface area contributed by atoms with Gasteiger partial charge in [-0.1, -0.05) is 19.9 Å². The molecule has 0 saturated heterocycles. The zero-order chi connectivity index (χ0) is 11.5. The van der Waals surface area contributed by atoms with E-state index in [2.05, 4.69) is 10.3 Å². The molecule has 0 bridgehead atoms. The lowest BCUT2D eigenvalue weighted by Crippen LogP contribution is -2.14. The molecule has 3 rings (SSSR count). The third-order valence-electron chi connectivity index (χ3n) is 3.57. The molecular formula is C12H14F2N2. The first-order valence-electron chi connectivity index (χ1n) is 5.64. The minimum absolute atomic E-state index is 0.324. The van der Waals surface area contributed by atoms with Crippen LogP contribution in [0.3, 0.4) is 0 Å². The van der Waals surface area contributed by atoms with E-state index in [-0.39, 0.29) is 0 Å². The molecule has 1 saturated carbocycles. The van der Waals surface area contributed by atoms with Crippen LogP contribution in [-0.4, -0.2) is 17.5 Å². The summed E-state index contributed by atoms with van der Waals surface area (Å²) in [6.45, 7) is 4.44. The maximum absolute atomic E-state index is 13.4. The molecule has 1 aromatic heterocycles. The topological polar surface area (TPSA) is 24.9 Å². The van der Waals surface area contributed by atoms with Crippen LogP contribution < -0.4 is 5.32 Å². The molecule has 1 N–H and O–H groups in total. The van der Waals surface area contributed by atoms with Crippen molar-refractivity contribution in [1.29, 1.82) is 0 Å². The molecule has 2 nitrogen and oxygen atoms in total. The van der Waals surface area contributed by atoms with E-state index in [9.17, 15) is 8.78 Å². The normalized spacial score (nSPS) is 29.3. The second-order valence-corrected chi connectivity index (χ2v) is 4.97. The van der Waals surface area contributed by atoms with E-state index in [0.29, 0.717) is 23.8 Å². The van der Waals surface area contributed by atoms with Gasteiger partial charge in [-0.05, 0) is 12.0 Å². The van der Waals surface area contributed by atoms with Gasteiger partial charge in [0.25, 0.3) is 5.92 Å². The Bertz CT molecular complexity index is 443. The lowest BCUT2D eigenvalue weighted by molar-refractivity contribution is 0.0963. The minimum Gasteiger partial charge on any atom is -0.369 e. The SMILES string of the molecule is CC(C)c1ccc2c(n1)NCC1C2C1(F)F. The number of nitrogens with one attached hydrogen (secondary N) is 1. The zero-order valence-corrected chi connectivity index (χ0v) is 9.30. The third-order valence-corrected chi connectivity index (χ3v) is 3.57. The average molecular weight is 224 g/mol. The van der Waals surface area contributed by atoms with Crippen molar-refractivity contribution in [2.24, 2.45) is 5.92 Å². The minimum atomic E-state index is -2.53. The molecule has 86 valence electrons. The second-order valence-electron chi connectivity index (χ2n) is 4.97. The van der Waals surface area contributed by atoms with Crippen LogP contribution in [0.5, 0.6) is 0 Å². The molecule has 0 spiro atoms. The molecule has 0 radical (unpaired) electrons. The summed E-state index contributed by atoms with van der Waals surface area (Å²) in [5.41, 5.74) is 1.64. The number of alkyl halides is 2. The van der Waals surface area contributed by atoms with Gasteiger partial charge in [-0.3, -0.25) is 0 Å². The Morgan fingerprint density at radius 2 is 2.19 bits per heavy atom. The third kappa shape index (κ3) is 1.19. The number of rotatable bonds is 1. The van der Waals surface area contributed by atoms with Crippen molar-refractivity contribution in [3.05, 3.63) is 23.4 Å². The summed E-state index contributed by atoms with van der Waals surface area (Å²) in [5, 5.41) is 3.01. The highest BCUT2D eigenvalue weighted by atomic mass is 19.3. The largest absolute Gasteiger partial charge is 0.369 e. The molecule has 2 atom stereocenters. The standard InChI is InChI=1S/C12H14F2N2/c1-6(2)9-4-3-7-10-8(12(10,13)14)5-15-11(7)16-9/h3-4,6,8,10H,5H2,1-2H3,(H,15,16). The van der Waals surface area contributed by atoms with E-state index in [1.54, 1.807) is 0 Å². The molecule has 16 heavy (non-hydrogen) atoms. The number of anilines is 1. The molecule has 1 aromatic rings. The van der Waals surface area contributed by atoms with Crippen LogP contribution >= 0.6 is 0 Å². The van der Waals surface area contributed by atoms with E-state index >= 15 is 0 Å². The molecule has 0 aromatic carbocycles. The fraction of sp³-hybridized carbons (Fsp3) is 0.583. The molecule has 2 heterocycles. The highest BCUT2D eigenvalue weighted by Crippen LogP contribution is 2.64. The van der Waals surface area contributed by atoms with E-state index in [1.807, 2.05) is 26.0 Å². The van der Waals surface area contributed by atoms with Crippen molar-refractivity contribution in [2.45, 2.75) is 31.6 Å². The molecule has 1 aliphatic heterocycles. The highest BCUT2D eigenvalue weighted by molar-refractivity contribution is 5.55. The first-order chi connectivity index (χ1) is 7.51. The number of fused-ring (bicyclic) bond motifs is 3. The van der Waals surface area contributed by atoms with Crippen LogP contribution in [0.2, 0.25) is 0 Å². The van der Waals surface area contributed by atoms with E-state index in [0.717, 1.165) is 5.69 Å². The van der Waals surface area contributed by atoms with Gasteiger partial charge in [0.05, 0.1) is 11.8 Å². The first kappa shape index (κ1) is 10.00. The highest BCUT2D eigenvalue weighted by Gasteiger charge is 2.70. The number of hydrogen-bond acceptors (Lipinski definition) is 2. The first-order valence-corrected chi connectivity index (χ1v) is 5.64. The Hall–Kier alpha value is -1.19. The fourth-order valence-corrected chi connectivity index (χ4v) is 2.47. The van der Waals surface area contributed by atoms with Crippen molar-refractivity contribution in [3.63, 3.8) is 0 Å². The number of hydrogen-bond donors (Lipinski definition) is 1. The molecular weight excluding hydrogens is 210 g/mol. The molecule has 4 heteroatoms. The summed E-state index contributed by atoms with van der Waals surface area (Å²) >= 11 is 0. The van der Waals surface area contributed by atoms with Gasteiger partial charge in [-0.2, -0.15) is 0 Å². The summed E-state index contributed by atoms with van der Waals surface area (Å²) in [4.78, 5) is 4.41. The van der Waals surface area contributed by atoms with Crippen LogP contribution in [-0.2, 0) is 0 Å². The molecule has 0 amide bonds. The van der Waals surface area contributed by atoms with Crippen molar-refractivity contribution in [3.8, 4) is 0 Å². The van der Waals surface area contributed by atoms with Gasteiger partial charge in [-0.15, -0.1) is 0 Å². The fourth-order valence-electron chi connectivity index (χ4n) is 2.47. The van der Waals surface area contributed by atoms with Gasteiger partial charge in [0.15, 0.2) is 0 Å².